The second kappa shape index (κ2) is 10.1. The third-order valence-corrected chi connectivity index (χ3v) is 5.04. The third-order valence-electron chi connectivity index (χ3n) is 3.48. The molecule has 1 aromatic rings. The molecule has 5 heteroatoms. The van der Waals surface area contributed by atoms with Gasteiger partial charge in [0.05, 0.1) is 11.1 Å². The van der Waals surface area contributed by atoms with E-state index in [4.69, 9.17) is 16.3 Å². The van der Waals surface area contributed by atoms with E-state index in [1.165, 1.54) is 6.42 Å². The van der Waals surface area contributed by atoms with E-state index in [0.29, 0.717) is 19.4 Å². The van der Waals surface area contributed by atoms with Crippen LogP contribution in [0.15, 0.2) is 10.5 Å². The molecular formula is C17H25BrClNO2. The van der Waals surface area contributed by atoms with Crippen LogP contribution >= 0.6 is 27.5 Å². The molecule has 0 fully saturated rings. The van der Waals surface area contributed by atoms with Crippen LogP contribution in [0.25, 0.3) is 0 Å². The van der Waals surface area contributed by atoms with Crippen molar-refractivity contribution in [1.82, 2.24) is 5.32 Å². The van der Waals surface area contributed by atoms with Crippen LogP contribution in [0.1, 0.15) is 50.2 Å². The lowest BCUT2D eigenvalue weighted by molar-refractivity contribution is -0.121. The van der Waals surface area contributed by atoms with Crippen LogP contribution in [0.2, 0.25) is 5.02 Å². The Morgan fingerprint density at radius 2 is 2.05 bits per heavy atom. The Kier molecular flexibility index (Phi) is 8.88. The Labute approximate surface area is 146 Å². The van der Waals surface area contributed by atoms with Crippen molar-refractivity contribution in [2.45, 2.75) is 52.9 Å². The quantitative estimate of drug-likeness (QED) is 0.590. The number of unbranched alkanes of at least 4 members (excludes halogenated alkanes) is 2. The van der Waals surface area contributed by atoms with Crippen molar-refractivity contribution < 1.29 is 9.53 Å². The van der Waals surface area contributed by atoms with Gasteiger partial charge in [0.25, 0.3) is 0 Å². The largest absolute Gasteiger partial charge is 0.492 e. The van der Waals surface area contributed by atoms with Gasteiger partial charge < -0.3 is 10.1 Å². The van der Waals surface area contributed by atoms with E-state index in [0.717, 1.165) is 45.8 Å². The van der Waals surface area contributed by atoms with Gasteiger partial charge in [0.1, 0.15) is 5.75 Å². The number of benzene rings is 1. The molecule has 0 atom stereocenters. The standard InChI is InChI=1S/C17H25BrClNO2/c1-4-5-6-9-20-15(21)8-7-10-22-14-11-12(2)17(19)13(3)16(14)18/h11H,4-10H2,1-3H3,(H,20,21). The van der Waals surface area contributed by atoms with Gasteiger partial charge in [0, 0.05) is 18.0 Å². The predicted octanol–water partition coefficient (Wildman–Crippen LogP) is 5.18. The maximum atomic E-state index is 11.6. The molecule has 22 heavy (non-hydrogen) atoms. The van der Waals surface area contributed by atoms with Gasteiger partial charge >= 0.3 is 0 Å². The lowest BCUT2D eigenvalue weighted by Crippen LogP contribution is -2.24. The number of halogens is 2. The van der Waals surface area contributed by atoms with Crippen molar-refractivity contribution in [2.75, 3.05) is 13.2 Å². The highest BCUT2D eigenvalue weighted by Gasteiger charge is 2.11. The van der Waals surface area contributed by atoms with Crippen LogP contribution in [0, 0.1) is 13.8 Å². The van der Waals surface area contributed by atoms with E-state index in [1.807, 2.05) is 19.9 Å². The summed E-state index contributed by atoms with van der Waals surface area (Å²) in [6.45, 7) is 7.35. The zero-order chi connectivity index (χ0) is 16.5. The number of ether oxygens (including phenoxy) is 1. The Bertz CT molecular complexity index is 506. The normalized spacial score (nSPS) is 10.6. The molecule has 0 radical (unpaired) electrons. The van der Waals surface area contributed by atoms with E-state index in [-0.39, 0.29) is 5.91 Å². The summed E-state index contributed by atoms with van der Waals surface area (Å²) in [5.41, 5.74) is 1.97. The van der Waals surface area contributed by atoms with E-state index in [9.17, 15) is 4.79 Å². The minimum atomic E-state index is 0.0993. The van der Waals surface area contributed by atoms with E-state index < -0.39 is 0 Å². The first kappa shape index (κ1) is 19.3. The molecule has 0 unspecified atom stereocenters. The predicted molar refractivity (Wildman–Crippen MR) is 95.9 cm³/mol. The molecule has 1 N–H and O–H groups in total. The highest BCUT2D eigenvalue weighted by Crippen LogP contribution is 2.35. The molecule has 3 nitrogen and oxygen atoms in total. The Morgan fingerprint density at radius 3 is 2.73 bits per heavy atom. The number of carbonyl (C=O) groups excluding carboxylic acids is 1. The topological polar surface area (TPSA) is 38.3 Å². The van der Waals surface area contributed by atoms with Gasteiger partial charge in [0.2, 0.25) is 5.91 Å². The minimum Gasteiger partial charge on any atom is -0.492 e. The second-order valence-corrected chi connectivity index (χ2v) is 6.62. The maximum Gasteiger partial charge on any atom is 0.220 e. The number of nitrogens with one attached hydrogen (secondary N) is 1. The molecule has 0 saturated carbocycles. The molecule has 0 aromatic heterocycles. The van der Waals surface area contributed by atoms with Crippen molar-refractivity contribution in [2.24, 2.45) is 0 Å². The summed E-state index contributed by atoms with van der Waals surface area (Å²) in [5.74, 6) is 0.880. The van der Waals surface area contributed by atoms with Gasteiger partial charge in [-0.2, -0.15) is 0 Å². The number of amides is 1. The Morgan fingerprint density at radius 1 is 1.32 bits per heavy atom. The molecule has 124 valence electrons. The van der Waals surface area contributed by atoms with Gasteiger partial charge in [0.15, 0.2) is 0 Å². The molecule has 0 bridgehead atoms. The van der Waals surface area contributed by atoms with Gasteiger partial charge in [-0.15, -0.1) is 0 Å². The summed E-state index contributed by atoms with van der Waals surface area (Å²) < 4.78 is 6.64. The van der Waals surface area contributed by atoms with Gasteiger partial charge in [-0.3, -0.25) is 4.79 Å². The fraction of sp³-hybridized carbons (Fsp3) is 0.588. The fourth-order valence-electron chi connectivity index (χ4n) is 2.11. The summed E-state index contributed by atoms with van der Waals surface area (Å²) in [5, 5.41) is 3.69. The van der Waals surface area contributed by atoms with Gasteiger partial charge in [-0.25, -0.2) is 0 Å². The molecule has 0 spiro atoms. The molecule has 0 heterocycles. The van der Waals surface area contributed by atoms with Crippen molar-refractivity contribution >= 4 is 33.4 Å². The van der Waals surface area contributed by atoms with E-state index in [2.05, 4.69) is 28.2 Å². The minimum absolute atomic E-state index is 0.0993. The highest BCUT2D eigenvalue weighted by atomic mass is 79.9. The van der Waals surface area contributed by atoms with Gasteiger partial charge in [-0.1, -0.05) is 31.4 Å². The number of hydrogen-bond donors (Lipinski definition) is 1. The third kappa shape index (κ3) is 6.17. The molecule has 1 rings (SSSR count). The summed E-state index contributed by atoms with van der Waals surface area (Å²) in [4.78, 5) is 11.6. The first-order valence-corrected chi connectivity index (χ1v) is 8.99. The molecule has 0 aliphatic heterocycles. The lowest BCUT2D eigenvalue weighted by atomic mass is 10.1. The van der Waals surface area contributed by atoms with Crippen LogP contribution < -0.4 is 10.1 Å². The Balaban J connectivity index is 2.32. The lowest BCUT2D eigenvalue weighted by Gasteiger charge is -2.13. The van der Waals surface area contributed by atoms with Crippen LogP contribution in [-0.4, -0.2) is 19.1 Å². The van der Waals surface area contributed by atoms with Crippen molar-refractivity contribution in [3.8, 4) is 5.75 Å². The smallest absolute Gasteiger partial charge is 0.220 e. The van der Waals surface area contributed by atoms with Crippen molar-refractivity contribution in [3.63, 3.8) is 0 Å². The van der Waals surface area contributed by atoms with Crippen LogP contribution in [0.3, 0.4) is 0 Å². The number of carbonyl (C=O) groups is 1. The monoisotopic (exact) mass is 389 g/mol. The number of rotatable bonds is 9. The van der Waals surface area contributed by atoms with Crippen molar-refractivity contribution in [3.05, 3.63) is 26.7 Å². The van der Waals surface area contributed by atoms with Crippen LogP contribution in [0.4, 0.5) is 0 Å². The Hall–Kier alpha value is -0.740. The maximum absolute atomic E-state index is 11.6. The summed E-state index contributed by atoms with van der Waals surface area (Å²) in [6, 6.07) is 1.92. The van der Waals surface area contributed by atoms with Crippen LogP contribution in [0.5, 0.6) is 5.75 Å². The zero-order valence-electron chi connectivity index (χ0n) is 13.6. The van der Waals surface area contributed by atoms with E-state index in [1.54, 1.807) is 0 Å². The first-order valence-electron chi connectivity index (χ1n) is 7.82. The first-order chi connectivity index (χ1) is 10.5. The molecule has 1 amide bonds. The summed E-state index contributed by atoms with van der Waals surface area (Å²) in [6.07, 6.45) is 4.57. The molecule has 0 aliphatic carbocycles. The molecular weight excluding hydrogens is 366 g/mol. The average molecular weight is 391 g/mol. The SMILES string of the molecule is CCCCCNC(=O)CCCOc1cc(C)c(Cl)c(C)c1Br. The highest BCUT2D eigenvalue weighted by molar-refractivity contribution is 9.10. The summed E-state index contributed by atoms with van der Waals surface area (Å²) >= 11 is 9.70. The average Bonchev–Trinajstić information content (AvgIpc) is 2.50. The zero-order valence-corrected chi connectivity index (χ0v) is 15.9. The molecule has 0 aliphatic rings. The molecule has 1 aromatic carbocycles. The summed E-state index contributed by atoms with van der Waals surface area (Å²) in [7, 11) is 0. The molecule has 0 saturated heterocycles. The fourth-order valence-corrected chi connectivity index (χ4v) is 2.80. The van der Waals surface area contributed by atoms with E-state index >= 15 is 0 Å². The van der Waals surface area contributed by atoms with Gasteiger partial charge in [-0.05, 0) is 59.8 Å². The second-order valence-electron chi connectivity index (χ2n) is 5.45. The van der Waals surface area contributed by atoms with Crippen LogP contribution in [-0.2, 0) is 4.79 Å². The number of hydrogen-bond acceptors (Lipinski definition) is 2. The van der Waals surface area contributed by atoms with Crippen molar-refractivity contribution in [1.29, 1.82) is 0 Å². The number of aryl methyl sites for hydroxylation is 1.